The Morgan fingerprint density at radius 1 is 1.16 bits per heavy atom. The number of benzene rings is 1. The molecule has 0 aliphatic heterocycles. The summed E-state index contributed by atoms with van der Waals surface area (Å²) in [6.07, 6.45) is 10.4. The smallest absolute Gasteiger partial charge is 0.00788 e. The summed E-state index contributed by atoms with van der Waals surface area (Å²) in [7, 11) is 0. The van der Waals surface area contributed by atoms with Crippen molar-refractivity contribution in [2.24, 2.45) is 0 Å². The average Bonchev–Trinajstić information content (AvgIpc) is 2.87. The van der Waals surface area contributed by atoms with Crippen molar-refractivity contribution in [3.05, 3.63) is 47.0 Å². The number of allylic oxidation sites excluding steroid dienone is 1. The molecule has 102 valence electrons. The van der Waals surface area contributed by atoms with Crippen LogP contribution in [0.1, 0.15) is 55.6 Å². The fourth-order valence-corrected chi connectivity index (χ4v) is 3.30. The summed E-state index contributed by atoms with van der Waals surface area (Å²) in [5.41, 5.74) is 4.58. The molecule has 0 heterocycles. The molecular weight excluding hydrogens is 230 g/mol. The predicted molar refractivity (Wildman–Crippen MR) is 81.5 cm³/mol. The average molecular weight is 255 g/mol. The summed E-state index contributed by atoms with van der Waals surface area (Å²) >= 11 is 0. The second kappa shape index (κ2) is 5.92. The van der Waals surface area contributed by atoms with Crippen LogP contribution in [0.3, 0.4) is 0 Å². The van der Waals surface area contributed by atoms with Crippen molar-refractivity contribution in [2.45, 2.75) is 57.4 Å². The van der Waals surface area contributed by atoms with Crippen molar-refractivity contribution in [3.63, 3.8) is 0 Å². The van der Waals surface area contributed by atoms with Crippen molar-refractivity contribution in [1.82, 2.24) is 5.32 Å². The normalized spacial score (nSPS) is 26.1. The van der Waals surface area contributed by atoms with Gasteiger partial charge in [0, 0.05) is 6.04 Å². The molecule has 1 N–H and O–H groups in total. The zero-order valence-electron chi connectivity index (χ0n) is 12.0. The van der Waals surface area contributed by atoms with Crippen LogP contribution in [-0.4, -0.2) is 12.6 Å². The first-order chi connectivity index (χ1) is 9.31. The first-order valence-electron chi connectivity index (χ1n) is 7.79. The van der Waals surface area contributed by atoms with Crippen LogP contribution in [0.25, 0.3) is 0 Å². The topological polar surface area (TPSA) is 12.0 Å². The second-order valence-corrected chi connectivity index (χ2v) is 6.23. The quantitative estimate of drug-likeness (QED) is 0.772. The van der Waals surface area contributed by atoms with Crippen molar-refractivity contribution in [2.75, 3.05) is 6.54 Å². The molecule has 1 nitrogen and oxygen atoms in total. The van der Waals surface area contributed by atoms with E-state index in [1.165, 1.54) is 56.2 Å². The van der Waals surface area contributed by atoms with Gasteiger partial charge in [0.25, 0.3) is 0 Å². The molecule has 0 spiro atoms. The minimum atomic E-state index is 0.758. The Labute approximate surface area is 117 Å². The van der Waals surface area contributed by atoms with Gasteiger partial charge in [-0.3, -0.25) is 0 Å². The van der Waals surface area contributed by atoms with Crippen LogP contribution < -0.4 is 5.32 Å². The third-order valence-electron chi connectivity index (χ3n) is 4.70. The summed E-state index contributed by atoms with van der Waals surface area (Å²) in [5.74, 6) is 0.795. The maximum absolute atomic E-state index is 3.72. The van der Waals surface area contributed by atoms with Crippen LogP contribution in [0.5, 0.6) is 0 Å². The molecule has 3 rings (SSSR count). The van der Waals surface area contributed by atoms with Gasteiger partial charge in [-0.1, -0.05) is 41.5 Å². The Bertz CT molecular complexity index is 437. The lowest BCUT2D eigenvalue weighted by atomic mass is 9.75. The zero-order chi connectivity index (χ0) is 13.1. The minimum Gasteiger partial charge on any atom is -0.314 e. The molecule has 1 fully saturated rings. The first kappa shape index (κ1) is 12.9. The van der Waals surface area contributed by atoms with Crippen molar-refractivity contribution in [1.29, 1.82) is 0 Å². The molecular formula is C18H25N. The minimum absolute atomic E-state index is 0.758. The first-order valence-corrected chi connectivity index (χ1v) is 7.79. The predicted octanol–water partition coefficient (Wildman–Crippen LogP) is 4.33. The number of hydrogen-bond acceptors (Lipinski definition) is 1. The molecule has 2 aliphatic rings. The highest BCUT2D eigenvalue weighted by Gasteiger charge is 2.29. The van der Waals surface area contributed by atoms with Gasteiger partial charge in [-0.25, -0.2) is 0 Å². The van der Waals surface area contributed by atoms with Crippen LogP contribution in [0.2, 0.25) is 0 Å². The Kier molecular flexibility index (Phi) is 4.03. The lowest BCUT2D eigenvalue weighted by Gasteiger charge is -2.36. The molecule has 1 saturated carbocycles. The molecule has 0 bridgehead atoms. The van der Waals surface area contributed by atoms with E-state index in [1.54, 1.807) is 5.57 Å². The highest BCUT2D eigenvalue weighted by Crippen LogP contribution is 2.36. The standard InChI is InChI=1S/C18H25N/c1-14-6-8-16(9-7-14)17-12-18(13-17)19-11-10-15-4-2-3-5-15/h4,6-9,17-19H,2-3,5,10-13H2,1H3. The number of hydrogen-bond donors (Lipinski definition) is 1. The van der Waals surface area contributed by atoms with E-state index in [4.69, 9.17) is 0 Å². The Morgan fingerprint density at radius 3 is 2.63 bits per heavy atom. The van der Waals surface area contributed by atoms with Gasteiger partial charge in [-0.05, 0) is 63.5 Å². The van der Waals surface area contributed by atoms with E-state index >= 15 is 0 Å². The number of rotatable bonds is 5. The van der Waals surface area contributed by atoms with Gasteiger partial charge < -0.3 is 5.32 Å². The van der Waals surface area contributed by atoms with Gasteiger partial charge in [0.15, 0.2) is 0 Å². The van der Waals surface area contributed by atoms with Crippen molar-refractivity contribution < 1.29 is 0 Å². The number of aryl methyl sites for hydroxylation is 1. The molecule has 0 amide bonds. The Morgan fingerprint density at radius 2 is 1.95 bits per heavy atom. The molecule has 1 aromatic carbocycles. The fourth-order valence-electron chi connectivity index (χ4n) is 3.30. The second-order valence-electron chi connectivity index (χ2n) is 6.23. The van der Waals surface area contributed by atoms with Gasteiger partial charge in [-0.15, -0.1) is 0 Å². The van der Waals surface area contributed by atoms with Crippen LogP contribution in [-0.2, 0) is 0 Å². The highest BCUT2D eigenvalue weighted by atomic mass is 14.9. The van der Waals surface area contributed by atoms with E-state index in [1.807, 2.05) is 0 Å². The largest absolute Gasteiger partial charge is 0.314 e. The Hall–Kier alpha value is -1.08. The van der Waals surface area contributed by atoms with E-state index < -0.39 is 0 Å². The van der Waals surface area contributed by atoms with E-state index in [9.17, 15) is 0 Å². The zero-order valence-corrected chi connectivity index (χ0v) is 12.0. The summed E-state index contributed by atoms with van der Waals surface area (Å²) in [5, 5.41) is 3.72. The molecule has 0 unspecified atom stereocenters. The van der Waals surface area contributed by atoms with Crippen molar-refractivity contribution >= 4 is 0 Å². The molecule has 1 aromatic rings. The molecule has 0 atom stereocenters. The van der Waals surface area contributed by atoms with Gasteiger partial charge in [0.2, 0.25) is 0 Å². The van der Waals surface area contributed by atoms with Gasteiger partial charge >= 0.3 is 0 Å². The molecule has 0 aromatic heterocycles. The molecule has 19 heavy (non-hydrogen) atoms. The lowest BCUT2D eigenvalue weighted by molar-refractivity contribution is 0.292. The third kappa shape index (κ3) is 3.27. The maximum atomic E-state index is 3.72. The Balaban J connectivity index is 1.37. The van der Waals surface area contributed by atoms with Gasteiger partial charge in [0.05, 0.1) is 0 Å². The van der Waals surface area contributed by atoms with Crippen LogP contribution in [0.15, 0.2) is 35.9 Å². The highest BCUT2D eigenvalue weighted by molar-refractivity contribution is 5.26. The summed E-state index contributed by atoms with van der Waals surface area (Å²) in [4.78, 5) is 0. The summed E-state index contributed by atoms with van der Waals surface area (Å²) < 4.78 is 0. The van der Waals surface area contributed by atoms with E-state index in [2.05, 4.69) is 42.6 Å². The van der Waals surface area contributed by atoms with Crippen LogP contribution in [0.4, 0.5) is 0 Å². The summed E-state index contributed by atoms with van der Waals surface area (Å²) in [6, 6.07) is 9.85. The van der Waals surface area contributed by atoms with Gasteiger partial charge in [0.1, 0.15) is 0 Å². The molecule has 2 aliphatic carbocycles. The van der Waals surface area contributed by atoms with E-state index in [-0.39, 0.29) is 0 Å². The monoisotopic (exact) mass is 255 g/mol. The molecule has 0 saturated heterocycles. The van der Waals surface area contributed by atoms with Crippen LogP contribution in [0, 0.1) is 6.92 Å². The third-order valence-corrected chi connectivity index (χ3v) is 4.70. The number of nitrogens with one attached hydrogen (secondary N) is 1. The van der Waals surface area contributed by atoms with Crippen LogP contribution >= 0.6 is 0 Å². The van der Waals surface area contributed by atoms with Crippen molar-refractivity contribution in [3.8, 4) is 0 Å². The molecule has 0 radical (unpaired) electrons. The summed E-state index contributed by atoms with van der Waals surface area (Å²) in [6.45, 7) is 3.34. The van der Waals surface area contributed by atoms with E-state index in [0.29, 0.717) is 0 Å². The SMILES string of the molecule is Cc1ccc(C2CC(NCCC3=CCCC3)C2)cc1. The fraction of sp³-hybridized carbons (Fsp3) is 0.556. The lowest BCUT2D eigenvalue weighted by Crippen LogP contribution is -2.40. The van der Waals surface area contributed by atoms with Gasteiger partial charge in [-0.2, -0.15) is 0 Å². The van der Waals surface area contributed by atoms with E-state index in [0.717, 1.165) is 12.0 Å². The molecule has 1 heteroatoms. The maximum Gasteiger partial charge on any atom is 0.00788 e.